The predicted octanol–water partition coefficient (Wildman–Crippen LogP) is 3.40. The van der Waals surface area contributed by atoms with Crippen LogP contribution in [0, 0.1) is 0 Å². The zero-order valence-corrected chi connectivity index (χ0v) is 11.8. The molecule has 0 N–H and O–H groups in total. The summed E-state index contributed by atoms with van der Waals surface area (Å²) in [6, 6.07) is 6.92. The van der Waals surface area contributed by atoms with Crippen LogP contribution in [0.5, 0.6) is 5.75 Å². The second kappa shape index (κ2) is 6.37. The number of likely N-dealkylation sites (tertiary alicyclic amines) is 1. The van der Waals surface area contributed by atoms with Crippen LogP contribution in [0.3, 0.4) is 0 Å². The van der Waals surface area contributed by atoms with Gasteiger partial charge in [0.25, 0.3) is 5.91 Å². The summed E-state index contributed by atoms with van der Waals surface area (Å²) in [5, 5.41) is 0. The van der Waals surface area contributed by atoms with Crippen LogP contribution in [0.4, 0.5) is 13.2 Å². The van der Waals surface area contributed by atoms with Crippen molar-refractivity contribution in [2.75, 3.05) is 6.54 Å². The van der Waals surface area contributed by atoms with Gasteiger partial charge in [-0.05, 0) is 38.3 Å². The second-order valence-electron chi connectivity index (χ2n) is 5.16. The van der Waals surface area contributed by atoms with Crippen LogP contribution in [-0.4, -0.2) is 35.7 Å². The molecule has 1 saturated heterocycles. The Bertz CT molecular complexity index is 476. The number of piperidine rings is 1. The van der Waals surface area contributed by atoms with Crippen molar-refractivity contribution in [3.63, 3.8) is 0 Å². The number of hydrogen-bond donors (Lipinski definition) is 0. The van der Waals surface area contributed by atoms with E-state index in [4.69, 9.17) is 4.74 Å². The highest BCUT2D eigenvalue weighted by atomic mass is 19.4. The number of rotatable bonds is 3. The lowest BCUT2D eigenvalue weighted by Crippen LogP contribution is -2.54. The summed E-state index contributed by atoms with van der Waals surface area (Å²) in [4.78, 5) is 13.2. The van der Waals surface area contributed by atoms with Crippen molar-refractivity contribution in [1.29, 1.82) is 0 Å². The Balaban J connectivity index is 2.06. The summed E-state index contributed by atoms with van der Waals surface area (Å²) in [7, 11) is 0. The first-order chi connectivity index (χ1) is 9.89. The van der Waals surface area contributed by atoms with E-state index in [-0.39, 0.29) is 13.0 Å². The van der Waals surface area contributed by atoms with Crippen LogP contribution < -0.4 is 4.74 Å². The van der Waals surface area contributed by atoms with Crippen LogP contribution in [-0.2, 0) is 4.79 Å². The van der Waals surface area contributed by atoms with Crippen LogP contribution in [0.1, 0.15) is 26.2 Å². The molecule has 0 aromatic heterocycles. The molecule has 6 heteroatoms. The number of halogens is 3. The first-order valence-corrected chi connectivity index (χ1v) is 6.98. The van der Waals surface area contributed by atoms with Gasteiger partial charge in [0.2, 0.25) is 0 Å². The molecular formula is C15H18F3NO2. The third kappa shape index (κ3) is 3.89. The Morgan fingerprint density at radius 3 is 2.57 bits per heavy atom. The number of para-hydroxylation sites is 1. The van der Waals surface area contributed by atoms with Crippen LogP contribution >= 0.6 is 0 Å². The molecule has 0 spiro atoms. The van der Waals surface area contributed by atoms with Crippen molar-refractivity contribution in [2.24, 2.45) is 0 Å². The quantitative estimate of drug-likeness (QED) is 0.856. The summed E-state index contributed by atoms with van der Waals surface area (Å²) < 4.78 is 44.5. The second-order valence-corrected chi connectivity index (χ2v) is 5.16. The van der Waals surface area contributed by atoms with E-state index in [9.17, 15) is 18.0 Å². The fourth-order valence-corrected chi connectivity index (χ4v) is 2.52. The molecule has 1 amide bonds. The molecule has 1 heterocycles. The standard InChI is InChI=1S/C15H18F3NO2/c1-11(21-12-7-3-2-4-8-12)14(20)19-10-6-5-9-13(19)15(16,17)18/h2-4,7-8,11,13H,5-6,9-10H2,1H3. The van der Waals surface area contributed by atoms with E-state index in [1.165, 1.54) is 6.92 Å². The van der Waals surface area contributed by atoms with Crippen LogP contribution in [0.15, 0.2) is 30.3 Å². The zero-order chi connectivity index (χ0) is 15.5. The fourth-order valence-electron chi connectivity index (χ4n) is 2.52. The number of carbonyl (C=O) groups is 1. The zero-order valence-electron chi connectivity index (χ0n) is 11.8. The molecule has 1 aromatic rings. The lowest BCUT2D eigenvalue weighted by molar-refractivity contribution is -0.198. The Morgan fingerprint density at radius 2 is 1.95 bits per heavy atom. The molecule has 2 atom stereocenters. The molecule has 1 fully saturated rings. The largest absolute Gasteiger partial charge is 0.481 e. The minimum absolute atomic E-state index is 0.0344. The maximum Gasteiger partial charge on any atom is 0.408 e. The number of nitrogens with zero attached hydrogens (tertiary/aromatic N) is 1. The molecule has 1 aromatic carbocycles. The van der Waals surface area contributed by atoms with Gasteiger partial charge in [0.1, 0.15) is 11.8 Å². The molecule has 116 valence electrons. The van der Waals surface area contributed by atoms with Gasteiger partial charge < -0.3 is 9.64 Å². The highest BCUT2D eigenvalue weighted by Crippen LogP contribution is 2.32. The minimum atomic E-state index is -4.39. The normalized spacial score (nSPS) is 21.0. The highest BCUT2D eigenvalue weighted by molar-refractivity contribution is 5.81. The first-order valence-electron chi connectivity index (χ1n) is 6.98. The predicted molar refractivity (Wildman–Crippen MR) is 71.9 cm³/mol. The Morgan fingerprint density at radius 1 is 1.29 bits per heavy atom. The van der Waals surface area contributed by atoms with E-state index in [0.717, 1.165) is 4.90 Å². The van der Waals surface area contributed by atoms with Gasteiger partial charge in [0, 0.05) is 6.54 Å². The maximum absolute atomic E-state index is 13.0. The SMILES string of the molecule is CC(Oc1ccccc1)C(=O)N1CCCCC1C(F)(F)F. The number of carbonyl (C=O) groups excluding carboxylic acids is 1. The summed E-state index contributed by atoms with van der Waals surface area (Å²) in [5.74, 6) is -0.139. The number of amides is 1. The summed E-state index contributed by atoms with van der Waals surface area (Å²) in [5.41, 5.74) is 0. The fraction of sp³-hybridized carbons (Fsp3) is 0.533. The van der Waals surface area contributed by atoms with Gasteiger partial charge in [0.15, 0.2) is 6.10 Å². The number of benzene rings is 1. The van der Waals surface area contributed by atoms with Gasteiger partial charge in [-0.15, -0.1) is 0 Å². The van der Waals surface area contributed by atoms with E-state index < -0.39 is 24.2 Å². The third-order valence-electron chi connectivity index (χ3n) is 3.57. The van der Waals surface area contributed by atoms with E-state index in [1.54, 1.807) is 30.3 Å². The maximum atomic E-state index is 13.0. The minimum Gasteiger partial charge on any atom is -0.481 e. The molecule has 3 nitrogen and oxygen atoms in total. The summed E-state index contributed by atoms with van der Waals surface area (Å²) in [6.45, 7) is 1.61. The number of ether oxygens (including phenoxy) is 1. The summed E-state index contributed by atoms with van der Waals surface area (Å²) in [6.07, 6.45) is -4.27. The molecule has 21 heavy (non-hydrogen) atoms. The van der Waals surface area contributed by atoms with E-state index in [0.29, 0.717) is 18.6 Å². The van der Waals surface area contributed by atoms with Gasteiger partial charge in [-0.2, -0.15) is 13.2 Å². The topological polar surface area (TPSA) is 29.5 Å². The van der Waals surface area contributed by atoms with Crippen molar-refractivity contribution in [2.45, 2.75) is 44.5 Å². The highest BCUT2D eigenvalue weighted by Gasteiger charge is 2.47. The van der Waals surface area contributed by atoms with Crippen molar-refractivity contribution in [1.82, 2.24) is 4.90 Å². The van der Waals surface area contributed by atoms with Crippen molar-refractivity contribution in [3.05, 3.63) is 30.3 Å². The van der Waals surface area contributed by atoms with Crippen molar-refractivity contribution >= 4 is 5.91 Å². The van der Waals surface area contributed by atoms with Crippen molar-refractivity contribution < 1.29 is 22.7 Å². The number of hydrogen-bond acceptors (Lipinski definition) is 2. The van der Waals surface area contributed by atoms with E-state index in [2.05, 4.69) is 0 Å². The third-order valence-corrected chi connectivity index (χ3v) is 3.57. The molecule has 0 bridgehead atoms. The molecule has 1 aliphatic heterocycles. The molecular weight excluding hydrogens is 283 g/mol. The molecule has 1 aliphatic rings. The van der Waals surface area contributed by atoms with Gasteiger partial charge in [-0.1, -0.05) is 18.2 Å². The Hall–Kier alpha value is -1.72. The van der Waals surface area contributed by atoms with Crippen LogP contribution in [0.25, 0.3) is 0 Å². The smallest absolute Gasteiger partial charge is 0.408 e. The molecule has 2 unspecified atom stereocenters. The molecule has 0 aliphatic carbocycles. The average Bonchev–Trinajstić information content (AvgIpc) is 2.46. The molecule has 0 saturated carbocycles. The average molecular weight is 301 g/mol. The lowest BCUT2D eigenvalue weighted by Gasteiger charge is -2.38. The van der Waals surface area contributed by atoms with Gasteiger partial charge in [-0.3, -0.25) is 4.79 Å². The Kier molecular flexibility index (Phi) is 4.75. The Labute approximate surface area is 121 Å². The molecule has 2 rings (SSSR count). The molecule has 0 radical (unpaired) electrons. The van der Waals surface area contributed by atoms with E-state index >= 15 is 0 Å². The summed E-state index contributed by atoms with van der Waals surface area (Å²) >= 11 is 0. The lowest BCUT2D eigenvalue weighted by atomic mass is 10.0. The van der Waals surface area contributed by atoms with Gasteiger partial charge in [-0.25, -0.2) is 0 Å². The first kappa shape index (κ1) is 15.7. The van der Waals surface area contributed by atoms with Crippen LogP contribution in [0.2, 0.25) is 0 Å². The number of alkyl halides is 3. The van der Waals surface area contributed by atoms with Gasteiger partial charge >= 0.3 is 6.18 Å². The van der Waals surface area contributed by atoms with E-state index in [1.807, 2.05) is 0 Å². The monoisotopic (exact) mass is 301 g/mol. The van der Waals surface area contributed by atoms with Gasteiger partial charge in [0.05, 0.1) is 0 Å². The van der Waals surface area contributed by atoms with Crippen molar-refractivity contribution in [3.8, 4) is 5.75 Å².